The van der Waals surface area contributed by atoms with E-state index < -0.39 is 0 Å². The Morgan fingerprint density at radius 1 is 1.08 bits per heavy atom. The number of thioether (sulfide) groups is 1. The second-order valence-electron chi connectivity index (χ2n) is 3.63. The topological polar surface area (TPSA) is 0 Å². The van der Waals surface area contributed by atoms with Crippen molar-refractivity contribution in [3.8, 4) is 0 Å². The summed E-state index contributed by atoms with van der Waals surface area (Å²) in [4.78, 5) is 0. The molecule has 0 aromatic rings. The van der Waals surface area contributed by atoms with E-state index in [4.69, 9.17) is 0 Å². The Labute approximate surface area is 88.9 Å². The van der Waals surface area contributed by atoms with Crippen LogP contribution in [0, 0.1) is 5.92 Å². The molecule has 2 rings (SSSR count). The standard InChI is InChI=1S/C8H14S.2C2H6/c1-7-2-5-9-8(6-7)3-4-8;2*1-2/h7H,2-6H2,1H3;2*1-2H3. The van der Waals surface area contributed by atoms with E-state index in [0.717, 1.165) is 10.7 Å². The second kappa shape index (κ2) is 6.75. The minimum absolute atomic E-state index is 0.817. The van der Waals surface area contributed by atoms with Crippen LogP contribution in [0.2, 0.25) is 0 Å². The summed E-state index contributed by atoms with van der Waals surface area (Å²) in [7, 11) is 0. The Kier molecular flexibility index (Phi) is 6.93. The van der Waals surface area contributed by atoms with E-state index in [1.165, 1.54) is 31.4 Å². The Balaban J connectivity index is 0.000000322. The van der Waals surface area contributed by atoms with Gasteiger partial charge >= 0.3 is 0 Å². The van der Waals surface area contributed by atoms with Crippen LogP contribution in [-0.2, 0) is 0 Å². The molecule has 0 amide bonds. The lowest BCUT2D eigenvalue weighted by Gasteiger charge is -2.25. The molecule has 1 atom stereocenters. The van der Waals surface area contributed by atoms with E-state index in [0.29, 0.717) is 0 Å². The summed E-state index contributed by atoms with van der Waals surface area (Å²) in [6, 6.07) is 0. The molecule has 2 aliphatic rings. The highest BCUT2D eigenvalue weighted by atomic mass is 32.2. The molecule has 1 heterocycles. The minimum Gasteiger partial charge on any atom is -0.155 e. The lowest BCUT2D eigenvalue weighted by molar-refractivity contribution is 0.487. The van der Waals surface area contributed by atoms with Gasteiger partial charge in [-0.05, 0) is 37.4 Å². The van der Waals surface area contributed by atoms with E-state index in [1.54, 1.807) is 0 Å². The fourth-order valence-corrected chi connectivity index (χ4v) is 3.51. The quantitative estimate of drug-likeness (QED) is 0.547. The molecule has 0 bridgehead atoms. The first-order chi connectivity index (χ1) is 6.31. The molecule has 0 radical (unpaired) electrons. The first-order valence-corrected chi connectivity index (χ1v) is 6.93. The fourth-order valence-electron chi connectivity index (χ4n) is 1.76. The van der Waals surface area contributed by atoms with Gasteiger partial charge in [0.1, 0.15) is 0 Å². The first kappa shape index (κ1) is 13.4. The predicted octanol–water partition coefficient (Wildman–Crippen LogP) is 4.73. The van der Waals surface area contributed by atoms with Gasteiger partial charge in [0.15, 0.2) is 0 Å². The summed E-state index contributed by atoms with van der Waals surface area (Å²) < 4.78 is 0.817. The zero-order valence-electron chi connectivity index (χ0n) is 10.0. The molecule has 13 heavy (non-hydrogen) atoms. The molecule has 1 heteroatoms. The van der Waals surface area contributed by atoms with Crippen LogP contribution in [0.4, 0.5) is 0 Å². The van der Waals surface area contributed by atoms with Crippen LogP contribution in [0.5, 0.6) is 0 Å². The molecule has 2 fully saturated rings. The smallest absolute Gasteiger partial charge is 0.0163 e. The van der Waals surface area contributed by atoms with Gasteiger partial charge in [0.05, 0.1) is 0 Å². The molecule has 1 aliphatic heterocycles. The van der Waals surface area contributed by atoms with Crippen LogP contribution >= 0.6 is 11.8 Å². The Hall–Kier alpha value is 0.350. The van der Waals surface area contributed by atoms with Gasteiger partial charge in [-0.1, -0.05) is 34.6 Å². The Morgan fingerprint density at radius 3 is 1.92 bits per heavy atom. The third kappa shape index (κ3) is 4.39. The number of hydrogen-bond donors (Lipinski definition) is 0. The summed E-state index contributed by atoms with van der Waals surface area (Å²) in [6.07, 6.45) is 6.01. The fraction of sp³-hybridized carbons (Fsp3) is 1.00. The Morgan fingerprint density at radius 2 is 1.62 bits per heavy atom. The summed E-state index contributed by atoms with van der Waals surface area (Å²) in [5, 5.41) is 0. The molecular weight excluding hydrogens is 176 g/mol. The van der Waals surface area contributed by atoms with E-state index in [2.05, 4.69) is 18.7 Å². The molecule has 0 aromatic carbocycles. The van der Waals surface area contributed by atoms with Crippen molar-refractivity contribution in [3.63, 3.8) is 0 Å². The molecule has 1 saturated carbocycles. The summed E-state index contributed by atoms with van der Waals surface area (Å²) in [5.41, 5.74) is 0. The van der Waals surface area contributed by atoms with Gasteiger partial charge in [-0.2, -0.15) is 11.8 Å². The van der Waals surface area contributed by atoms with Gasteiger partial charge in [-0.3, -0.25) is 0 Å². The van der Waals surface area contributed by atoms with E-state index in [-0.39, 0.29) is 0 Å². The summed E-state index contributed by atoms with van der Waals surface area (Å²) in [5.74, 6) is 2.45. The average molecular weight is 202 g/mol. The first-order valence-electron chi connectivity index (χ1n) is 5.95. The van der Waals surface area contributed by atoms with Crippen LogP contribution < -0.4 is 0 Å². The van der Waals surface area contributed by atoms with Gasteiger partial charge in [0.25, 0.3) is 0 Å². The molecule has 1 unspecified atom stereocenters. The maximum atomic E-state index is 2.40. The van der Waals surface area contributed by atoms with E-state index in [9.17, 15) is 0 Å². The molecule has 0 aromatic heterocycles. The van der Waals surface area contributed by atoms with Crippen molar-refractivity contribution in [2.45, 2.75) is 65.0 Å². The highest BCUT2D eigenvalue weighted by Crippen LogP contribution is 2.55. The van der Waals surface area contributed by atoms with E-state index in [1.807, 2.05) is 27.7 Å². The lowest BCUT2D eigenvalue weighted by atomic mass is 10.0. The van der Waals surface area contributed by atoms with Gasteiger partial charge in [0, 0.05) is 4.75 Å². The Bertz CT molecular complexity index is 116. The molecule has 0 nitrogen and oxygen atoms in total. The van der Waals surface area contributed by atoms with Gasteiger partial charge in [-0.25, -0.2) is 0 Å². The minimum atomic E-state index is 0.817. The normalized spacial score (nSPS) is 27.9. The largest absolute Gasteiger partial charge is 0.155 e. The van der Waals surface area contributed by atoms with Crippen LogP contribution in [0.25, 0.3) is 0 Å². The van der Waals surface area contributed by atoms with Gasteiger partial charge in [-0.15, -0.1) is 0 Å². The van der Waals surface area contributed by atoms with Crippen LogP contribution in [0.3, 0.4) is 0 Å². The van der Waals surface area contributed by atoms with Crippen molar-refractivity contribution in [1.82, 2.24) is 0 Å². The number of rotatable bonds is 0. The van der Waals surface area contributed by atoms with Crippen molar-refractivity contribution in [2.24, 2.45) is 5.92 Å². The van der Waals surface area contributed by atoms with Gasteiger partial charge in [0.2, 0.25) is 0 Å². The second-order valence-corrected chi connectivity index (χ2v) is 5.19. The lowest BCUT2D eigenvalue weighted by Crippen LogP contribution is -2.16. The summed E-state index contributed by atoms with van der Waals surface area (Å²) >= 11 is 2.24. The number of hydrogen-bond acceptors (Lipinski definition) is 1. The zero-order valence-corrected chi connectivity index (χ0v) is 10.8. The highest BCUT2D eigenvalue weighted by molar-refractivity contribution is 8.01. The van der Waals surface area contributed by atoms with E-state index >= 15 is 0 Å². The average Bonchev–Trinajstić information content (AvgIpc) is 2.91. The SMILES string of the molecule is CC.CC.CC1CCSC2(CC2)C1. The molecule has 1 spiro atoms. The predicted molar refractivity (Wildman–Crippen MR) is 65.5 cm³/mol. The highest BCUT2D eigenvalue weighted by Gasteiger charge is 2.45. The van der Waals surface area contributed by atoms with Crippen molar-refractivity contribution >= 4 is 11.8 Å². The molecule has 0 N–H and O–H groups in total. The molecule has 1 saturated heterocycles. The van der Waals surface area contributed by atoms with Crippen molar-refractivity contribution in [1.29, 1.82) is 0 Å². The van der Waals surface area contributed by atoms with Crippen molar-refractivity contribution in [3.05, 3.63) is 0 Å². The van der Waals surface area contributed by atoms with Crippen LogP contribution in [-0.4, -0.2) is 10.5 Å². The van der Waals surface area contributed by atoms with Crippen molar-refractivity contribution < 1.29 is 0 Å². The molecule has 1 aliphatic carbocycles. The van der Waals surface area contributed by atoms with Crippen LogP contribution in [0.15, 0.2) is 0 Å². The van der Waals surface area contributed by atoms with Crippen LogP contribution in [0.1, 0.15) is 60.3 Å². The summed E-state index contributed by atoms with van der Waals surface area (Å²) in [6.45, 7) is 10.4. The third-order valence-corrected chi connectivity index (χ3v) is 4.17. The van der Waals surface area contributed by atoms with Crippen molar-refractivity contribution in [2.75, 3.05) is 5.75 Å². The maximum Gasteiger partial charge on any atom is 0.0163 e. The maximum absolute atomic E-state index is 2.40. The monoisotopic (exact) mass is 202 g/mol. The molecular formula is C12H26S. The third-order valence-electron chi connectivity index (χ3n) is 2.55. The van der Waals surface area contributed by atoms with Gasteiger partial charge < -0.3 is 0 Å². The molecule has 80 valence electrons. The zero-order chi connectivity index (χ0) is 10.3.